The molecule has 1 atom stereocenters. The van der Waals surface area contributed by atoms with Crippen molar-refractivity contribution in [1.82, 2.24) is 19.9 Å². The maximum Gasteiger partial charge on any atom is 0.225 e. The van der Waals surface area contributed by atoms with Crippen LogP contribution in [-0.2, 0) is 11.3 Å². The number of nitrogens with one attached hydrogen (secondary N) is 1. The lowest BCUT2D eigenvalue weighted by atomic mass is 9.97. The van der Waals surface area contributed by atoms with Crippen molar-refractivity contribution in [2.24, 2.45) is 5.92 Å². The fourth-order valence-electron chi connectivity index (χ4n) is 4.97. The Bertz CT molecular complexity index is 1010. The fraction of sp³-hybridized carbons (Fsp3) is 0.458. The summed E-state index contributed by atoms with van der Waals surface area (Å²) in [6.45, 7) is 2.17. The molecule has 156 valence electrons. The summed E-state index contributed by atoms with van der Waals surface area (Å²) in [5.41, 5.74) is 3.17. The molecule has 1 amide bonds. The molecule has 0 radical (unpaired) electrons. The number of amides is 1. The van der Waals surface area contributed by atoms with Gasteiger partial charge in [-0.05, 0) is 49.9 Å². The molecule has 1 aromatic carbocycles. The van der Waals surface area contributed by atoms with Crippen molar-refractivity contribution < 1.29 is 4.79 Å². The number of imidazole rings is 1. The van der Waals surface area contributed by atoms with E-state index in [0.29, 0.717) is 12.6 Å². The normalized spacial score (nSPS) is 20.0. The molecular formula is C24H29N5O. The minimum absolute atomic E-state index is 0.0145. The molecule has 1 N–H and O–H groups in total. The average molecular weight is 404 g/mol. The fourth-order valence-corrected chi connectivity index (χ4v) is 4.97. The second kappa shape index (κ2) is 8.46. The first kappa shape index (κ1) is 19.1. The number of hydrogen-bond acceptors (Lipinski definition) is 4. The van der Waals surface area contributed by atoms with E-state index in [0.717, 1.165) is 43.1 Å². The standard InChI is InChI=1S/C24H29N5O/c30-23(26-16-19-9-5-6-14-25-19)18-8-7-15-28(17-18)24-27-21-12-3-4-13-22(21)29(24)20-10-1-2-11-20/h3-6,9,12-14,18,20H,1-2,7-8,10-11,15-17H2,(H,26,30)/t18-/m1/s1. The lowest BCUT2D eigenvalue weighted by Gasteiger charge is -2.34. The van der Waals surface area contributed by atoms with Gasteiger partial charge in [0.2, 0.25) is 11.9 Å². The first-order valence-electron chi connectivity index (χ1n) is 11.2. The van der Waals surface area contributed by atoms with Gasteiger partial charge in [0.25, 0.3) is 0 Å². The van der Waals surface area contributed by atoms with Gasteiger partial charge in [-0.3, -0.25) is 9.78 Å². The van der Waals surface area contributed by atoms with Gasteiger partial charge in [-0.2, -0.15) is 0 Å². The zero-order valence-electron chi connectivity index (χ0n) is 17.3. The van der Waals surface area contributed by atoms with Gasteiger partial charge in [0.05, 0.1) is 29.2 Å². The van der Waals surface area contributed by atoms with Gasteiger partial charge in [-0.25, -0.2) is 4.98 Å². The molecule has 3 aromatic rings. The average Bonchev–Trinajstić information content (AvgIpc) is 3.46. The molecule has 0 unspecified atom stereocenters. The summed E-state index contributed by atoms with van der Waals surface area (Å²) in [4.78, 5) is 24.5. The number of piperidine rings is 1. The number of rotatable bonds is 5. The third-order valence-electron chi connectivity index (χ3n) is 6.51. The molecule has 3 heterocycles. The van der Waals surface area contributed by atoms with Crippen molar-refractivity contribution in [3.8, 4) is 0 Å². The van der Waals surface area contributed by atoms with Gasteiger partial charge in [-0.1, -0.05) is 31.0 Å². The Morgan fingerprint density at radius 3 is 2.70 bits per heavy atom. The van der Waals surface area contributed by atoms with E-state index in [-0.39, 0.29) is 11.8 Å². The van der Waals surface area contributed by atoms with Crippen molar-refractivity contribution in [3.05, 3.63) is 54.4 Å². The highest BCUT2D eigenvalue weighted by molar-refractivity contribution is 5.81. The van der Waals surface area contributed by atoms with Crippen molar-refractivity contribution in [1.29, 1.82) is 0 Å². The van der Waals surface area contributed by atoms with Gasteiger partial charge < -0.3 is 14.8 Å². The lowest BCUT2D eigenvalue weighted by Crippen LogP contribution is -2.44. The topological polar surface area (TPSA) is 63.1 Å². The Morgan fingerprint density at radius 1 is 1.03 bits per heavy atom. The van der Waals surface area contributed by atoms with E-state index in [4.69, 9.17) is 4.98 Å². The molecule has 5 rings (SSSR count). The van der Waals surface area contributed by atoms with Crippen LogP contribution in [-0.4, -0.2) is 33.5 Å². The number of para-hydroxylation sites is 2. The van der Waals surface area contributed by atoms with Crippen molar-refractivity contribution in [2.75, 3.05) is 18.0 Å². The lowest BCUT2D eigenvalue weighted by molar-refractivity contribution is -0.125. The van der Waals surface area contributed by atoms with Crippen LogP contribution >= 0.6 is 0 Å². The molecule has 6 heteroatoms. The number of carbonyl (C=O) groups is 1. The SMILES string of the molecule is O=C(NCc1ccccn1)[C@@H]1CCCN(c2nc3ccccc3n2C2CCCC2)C1. The van der Waals surface area contributed by atoms with Gasteiger partial charge >= 0.3 is 0 Å². The summed E-state index contributed by atoms with van der Waals surface area (Å²) in [6, 6.07) is 14.7. The number of benzene rings is 1. The summed E-state index contributed by atoms with van der Waals surface area (Å²) >= 11 is 0. The zero-order chi connectivity index (χ0) is 20.3. The molecule has 1 aliphatic heterocycles. The van der Waals surface area contributed by atoms with Gasteiger partial charge in [0, 0.05) is 25.3 Å². The molecule has 1 aliphatic carbocycles. The van der Waals surface area contributed by atoms with Crippen LogP contribution in [0.15, 0.2) is 48.7 Å². The third kappa shape index (κ3) is 3.78. The Labute approximate surface area is 177 Å². The van der Waals surface area contributed by atoms with Crippen molar-refractivity contribution in [3.63, 3.8) is 0 Å². The van der Waals surface area contributed by atoms with E-state index in [9.17, 15) is 4.79 Å². The maximum atomic E-state index is 12.9. The van der Waals surface area contributed by atoms with E-state index in [1.807, 2.05) is 18.2 Å². The minimum Gasteiger partial charge on any atom is -0.350 e. The quantitative estimate of drug-likeness (QED) is 0.697. The van der Waals surface area contributed by atoms with E-state index in [1.165, 1.54) is 31.2 Å². The summed E-state index contributed by atoms with van der Waals surface area (Å²) in [5.74, 6) is 1.15. The predicted octanol–water partition coefficient (Wildman–Crippen LogP) is 4.08. The Balaban J connectivity index is 1.35. The van der Waals surface area contributed by atoms with Crippen LogP contribution in [0.3, 0.4) is 0 Å². The molecule has 30 heavy (non-hydrogen) atoms. The number of aromatic nitrogens is 3. The van der Waals surface area contributed by atoms with Crippen LogP contribution in [0.25, 0.3) is 11.0 Å². The summed E-state index contributed by atoms with van der Waals surface area (Å²) in [5, 5.41) is 3.08. The van der Waals surface area contributed by atoms with Gasteiger partial charge in [0.15, 0.2) is 0 Å². The Hall–Kier alpha value is -2.89. The van der Waals surface area contributed by atoms with E-state index in [2.05, 4.69) is 44.0 Å². The number of nitrogens with zero attached hydrogens (tertiary/aromatic N) is 4. The second-order valence-electron chi connectivity index (χ2n) is 8.53. The number of pyridine rings is 1. The number of carbonyl (C=O) groups excluding carboxylic acids is 1. The molecule has 1 saturated carbocycles. The molecule has 2 aromatic heterocycles. The van der Waals surface area contributed by atoms with Crippen LogP contribution in [0.5, 0.6) is 0 Å². The predicted molar refractivity (Wildman–Crippen MR) is 118 cm³/mol. The van der Waals surface area contributed by atoms with Crippen LogP contribution in [0.1, 0.15) is 50.3 Å². The molecule has 2 fully saturated rings. The molecular weight excluding hydrogens is 374 g/mol. The van der Waals surface area contributed by atoms with Crippen molar-refractivity contribution >= 4 is 22.9 Å². The summed E-state index contributed by atoms with van der Waals surface area (Å²) in [7, 11) is 0. The van der Waals surface area contributed by atoms with Gasteiger partial charge in [-0.15, -0.1) is 0 Å². The molecule has 6 nitrogen and oxygen atoms in total. The summed E-state index contributed by atoms with van der Waals surface area (Å²) in [6.07, 6.45) is 8.70. The van der Waals surface area contributed by atoms with E-state index in [1.54, 1.807) is 6.20 Å². The number of anilines is 1. The minimum atomic E-state index is -0.0145. The largest absolute Gasteiger partial charge is 0.350 e. The highest BCUT2D eigenvalue weighted by Crippen LogP contribution is 2.37. The van der Waals surface area contributed by atoms with E-state index >= 15 is 0 Å². The maximum absolute atomic E-state index is 12.9. The van der Waals surface area contributed by atoms with Crippen molar-refractivity contribution in [2.45, 2.75) is 51.1 Å². The van der Waals surface area contributed by atoms with Gasteiger partial charge in [0.1, 0.15) is 0 Å². The molecule has 0 spiro atoms. The number of fused-ring (bicyclic) bond motifs is 1. The van der Waals surface area contributed by atoms with Crippen LogP contribution in [0.4, 0.5) is 5.95 Å². The number of hydrogen-bond donors (Lipinski definition) is 1. The zero-order valence-corrected chi connectivity index (χ0v) is 17.3. The smallest absolute Gasteiger partial charge is 0.225 e. The van der Waals surface area contributed by atoms with Crippen LogP contribution < -0.4 is 10.2 Å². The monoisotopic (exact) mass is 403 g/mol. The van der Waals surface area contributed by atoms with Crippen LogP contribution in [0.2, 0.25) is 0 Å². The highest BCUT2D eigenvalue weighted by atomic mass is 16.1. The Morgan fingerprint density at radius 2 is 1.87 bits per heavy atom. The molecule has 0 bridgehead atoms. The van der Waals surface area contributed by atoms with Crippen LogP contribution in [0, 0.1) is 5.92 Å². The summed E-state index contributed by atoms with van der Waals surface area (Å²) < 4.78 is 2.45. The second-order valence-corrected chi connectivity index (χ2v) is 8.53. The Kier molecular flexibility index (Phi) is 5.39. The third-order valence-corrected chi connectivity index (χ3v) is 6.51. The first-order chi connectivity index (χ1) is 14.8. The highest BCUT2D eigenvalue weighted by Gasteiger charge is 2.31. The molecule has 2 aliphatic rings. The molecule has 1 saturated heterocycles. The van der Waals surface area contributed by atoms with E-state index < -0.39 is 0 Å². The first-order valence-corrected chi connectivity index (χ1v) is 11.2.